The number of nitrogen functional groups attached to an aromatic ring is 1. The van der Waals surface area contributed by atoms with E-state index >= 15 is 0 Å². The number of hydrogen-bond acceptors (Lipinski definition) is 7. The highest BCUT2D eigenvalue weighted by atomic mass is 32.1. The van der Waals surface area contributed by atoms with Crippen molar-refractivity contribution < 1.29 is 19.1 Å². The Balaban J connectivity index is 1.54. The van der Waals surface area contributed by atoms with Crippen molar-refractivity contribution >= 4 is 40.6 Å². The number of anilines is 2. The van der Waals surface area contributed by atoms with Gasteiger partial charge in [-0.05, 0) is 60.8 Å². The van der Waals surface area contributed by atoms with Gasteiger partial charge in [0.1, 0.15) is 11.4 Å². The molecule has 9 nitrogen and oxygen atoms in total. The van der Waals surface area contributed by atoms with E-state index in [4.69, 9.17) is 16.2 Å². The van der Waals surface area contributed by atoms with Crippen LogP contribution < -0.4 is 21.7 Å². The van der Waals surface area contributed by atoms with Crippen molar-refractivity contribution in [2.45, 2.75) is 57.0 Å². The van der Waals surface area contributed by atoms with Gasteiger partial charge in [0.15, 0.2) is 5.69 Å². The molecule has 34 heavy (non-hydrogen) atoms. The number of benzene rings is 1. The number of amides is 3. The lowest BCUT2D eigenvalue weighted by Crippen LogP contribution is -2.43. The predicted octanol–water partition coefficient (Wildman–Crippen LogP) is 2.81. The van der Waals surface area contributed by atoms with E-state index in [-0.39, 0.29) is 34.8 Å². The maximum atomic E-state index is 13.4. The third-order valence-electron chi connectivity index (χ3n) is 6.53. The largest absolute Gasteiger partial charge is 0.395 e. The smallest absolute Gasteiger partial charge is 0.272 e. The van der Waals surface area contributed by atoms with Gasteiger partial charge in [0, 0.05) is 18.8 Å². The highest BCUT2D eigenvalue weighted by Crippen LogP contribution is 2.34. The van der Waals surface area contributed by atoms with E-state index in [0.717, 1.165) is 24.4 Å². The van der Waals surface area contributed by atoms with Crippen LogP contribution in [0, 0.1) is 0 Å². The number of rotatable bonds is 8. The lowest BCUT2D eigenvalue weighted by molar-refractivity contribution is -0.120. The summed E-state index contributed by atoms with van der Waals surface area (Å²) in [5, 5.41) is 2.86. The molecular weight excluding hydrogens is 454 g/mol. The molecule has 1 unspecified atom stereocenters. The van der Waals surface area contributed by atoms with E-state index in [9.17, 15) is 14.4 Å². The number of hydrogen-bond donors (Lipinski definition) is 3. The molecule has 4 rings (SSSR count). The van der Waals surface area contributed by atoms with Crippen LogP contribution in [0.25, 0.3) is 0 Å². The Hall–Kier alpha value is -2.98. The van der Waals surface area contributed by atoms with E-state index in [0.29, 0.717) is 24.8 Å². The molecule has 2 fully saturated rings. The van der Waals surface area contributed by atoms with Gasteiger partial charge in [0.25, 0.3) is 11.8 Å². The number of nitrogens with one attached hydrogen (secondary N) is 1. The van der Waals surface area contributed by atoms with Crippen molar-refractivity contribution in [1.29, 1.82) is 0 Å². The lowest BCUT2D eigenvalue weighted by Gasteiger charge is -2.25. The molecule has 0 radical (unpaired) electrons. The van der Waals surface area contributed by atoms with Gasteiger partial charge in [-0.2, -0.15) is 4.37 Å². The SMILES string of the molecule is NC(=O)c1nsc(C(=O)N(CC(=O)NCC2CCCO2)c2ccc(C3CCCCC3)cc2)c1N. The number of aromatic nitrogens is 1. The first-order chi connectivity index (χ1) is 16.4. The second-order valence-electron chi connectivity index (χ2n) is 8.90. The van der Waals surface area contributed by atoms with Crippen LogP contribution in [0.2, 0.25) is 0 Å². The van der Waals surface area contributed by atoms with Crippen molar-refractivity contribution in [3.05, 3.63) is 40.4 Å². The van der Waals surface area contributed by atoms with Crippen LogP contribution in [0.3, 0.4) is 0 Å². The zero-order valence-electron chi connectivity index (χ0n) is 19.1. The Morgan fingerprint density at radius 3 is 2.44 bits per heavy atom. The zero-order chi connectivity index (χ0) is 24.1. The van der Waals surface area contributed by atoms with Gasteiger partial charge >= 0.3 is 0 Å². The Kier molecular flexibility index (Phi) is 7.79. The van der Waals surface area contributed by atoms with Crippen LogP contribution >= 0.6 is 11.5 Å². The molecule has 0 spiro atoms. The van der Waals surface area contributed by atoms with Crippen LogP contribution in [0.1, 0.15) is 76.6 Å². The number of ether oxygens (including phenoxy) is 1. The fourth-order valence-electron chi connectivity index (χ4n) is 4.63. The molecule has 1 saturated carbocycles. The molecule has 2 heterocycles. The quantitative estimate of drug-likeness (QED) is 0.525. The highest BCUT2D eigenvalue weighted by molar-refractivity contribution is 7.09. The van der Waals surface area contributed by atoms with Gasteiger partial charge in [-0.3, -0.25) is 19.3 Å². The summed E-state index contributed by atoms with van der Waals surface area (Å²) in [5.74, 6) is -1.08. The normalized spacial score (nSPS) is 18.5. The second-order valence-corrected chi connectivity index (χ2v) is 9.67. The molecule has 1 saturated heterocycles. The van der Waals surface area contributed by atoms with Crippen molar-refractivity contribution in [3.8, 4) is 0 Å². The minimum Gasteiger partial charge on any atom is -0.395 e. The van der Waals surface area contributed by atoms with Crippen LogP contribution in [0.4, 0.5) is 11.4 Å². The first-order valence-corrected chi connectivity index (χ1v) is 12.6. The summed E-state index contributed by atoms with van der Waals surface area (Å²) in [5.41, 5.74) is 12.9. The molecule has 182 valence electrons. The molecule has 2 aromatic rings. The summed E-state index contributed by atoms with van der Waals surface area (Å²) in [6, 6.07) is 7.78. The van der Waals surface area contributed by atoms with Crippen LogP contribution in [-0.2, 0) is 9.53 Å². The lowest BCUT2D eigenvalue weighted by atomic mass is 9.84. The van der Waals surface area contributed by atoms with Gasteiger partial charge in [0.2, 0.25) is 5.91 Å². The first-order valence-electron chi connectivity index (χ1n) is 11.8. The molecule has 1 aliphatic carbocycles. The third kappa shape index (κ3) is 5.56. The predicted molar refractivity (Wildman–Crippen MR) is 131 cm³/mol. The number of carbonyl (C=O) groups excluding carboxylic acids is 3. The Morgan fingerprint density at radius 2 is 1.82 bits per heavy atom. The Labute approximate surface area is 203 Å². The topological polar surface area (TPSA) is 141 Å². The summed E-state index contributed by atoms with van der Waals surface area (Å²) in [6.45, 7) is 0.902. The van der Waals surface area contributed by atoms with Gasteiger partial charge in [0.05, 0.1) is 11.8 Å². The van der Waals surface area contributed by atoms with E-state index in [1.54, 1.807) is 0 Å². The van der Waals surface area contributed by atoms with Crippen molar-refractivity contribution in [2.24, 2.45) is 5.73 Å². The molecule has 3 amide bonds. The number of carbonyl (C=O) groups is 3. The highest BCUT2D eigenvalue weighted by Gasteiger charge is 2.28. The van der Waals surface area contributed by atoms with Gasteiger partial charge in [-0.25, -0.2) is 0 Å². The third-order valence-corrected chi connectivity index (χ3v) is 7.39. The summed E-state index contributed by atoms with van der Waals surface area (Å²) < 4.78 is 9.49. The fraction of sp³-hybridized carbons (Fsp3) is 0.500. The Morgan fingerprint density at radius 1 is 1.09 bits per heavy atom. The van der Waals surface area contributed by atoms with Gasteiger partial charge in [-0.15, -0.1) is 0 Å². The van der Waals surface area contributed by atoms with Crippen LogP contribution in [0.5, 0.6) is 0 Å². The van der Waals surface area contributed by atoms with Gasteiger partial charge in [-0.1, -0.05) is 31.4 Å². The van der Waals surface area contributed by atoms with Crippen LogP contribution in [0.15, 0.2) is 24.3 Å². The van der Waals surface area contributed by atoms with Crippen molar-refractivity contribution in [2.75, 3.05) is 30.3 Å². The molecule has 5 N–H and O–H groups in total. The first kappa shape index (κ1) is 24.2. The molecule has 2 aliphatic rings. The molecule has 10 heteroatoms. The van der Waals surface area contributed by atoms with E-state index < -0.39 is 11.8 Å². The number of nitrogens with zero attached hydrogens (tertiary/aromatic N) is 2. The zero-order valence-corrected chi connectivity index (χ0v) is 19.9. The van der Waals surface area contributed by atoms with Crippen molar-refractivity contribution in [1.82, 2.24) is 9.69 Å². The minimum atomic E-state index is -0.800. The van der Waals surface area contributed by atoms with Gasteiger partial charge < -0.3 is 21.5 Å². The second kappa shape index (κ2) is 11.0. The summed E-state index contributed by atoms with van der Waals surface area (Å²) >= 11 is 0.804. The summed E-state index contributed by atoms with van der Waals surface area (Å²) in [4.78, 5) is 39.2. The Bertz CT molecular complexity index is 1030. The molecular formula is C24H31N5O4S. The molecule has 1 aromatic carbocycles. The number of nitrogens with two attached hydrogens (primary N) is 2. The summed E-state index contributed by atoms with van der Waals surface area (Å²) in [6.07, 6.45) is 7.95. The number of primary amides is 1. The van der Waals surface area contributed by atoms with E-state index in [2.05, 4.69) is 9.69 Å². The maximum Gasteiger partial charge on any atom is 0.272 e. The van der Waals surface area contributed by atoms with Crippen LogP contribution in [-0.4, -0.2) is 47.9 Å². The fourth-order valence-corrected chi connectivity index (χ4v) is 5.38. The van der Waals surface area contributed by atoms with E-state index in [1.165, 1.54) is 42.6 Å². The standard InChI is InChI=1S/C24H31N5O4S/c25-20-21(23(26)31)28-34-22(20)24(32)29(14-19(30)27-13-18-7-4-12-33-18)17-10-8-16(9-11-17)15-5-2-1-3-6-15/h8-11,15,18H,1-7,12-14,25H2,(H2,26,31)(H,27,30). The molecule has 1 aliphatic heterocycles. The summed E-state index contributed by atoms with van der Waals surface area (Å²) in [7, 11) is 0. The average molecular weight is 486 g/mol. The molecule has 1 aromatic heterocycles. The maximum absolute atomic E-state index is 13.4. The minimum absolute atomic E-state index is 0.00172. The molecule has 1 atom stereocenters. The molecule has 0 bridgehead atoms. The monoisotopic (exact) mass is 485 g/mol. The van der Waals surface area contributed by atoms with E-state index in [1.807, 2.05) is 24.3 Å². The van der Waals surface area contributed by atoms with Crippen molar-refractivity contribution in [3.63, 3.8) is 0 Å². The average Bonchev–Trinajstić information content (AvgIpc) is 3.51.